The van der Waals surface area contributed by atoms with Crippen molar-refractivity contribution >= 4 is 28.2 Å². The van der Waals surface area contributed by atoms with Gasteiger partial charge in [0.15, 0.2) is 0 Å². The molecule has 7 nitrogen and oxygen atoms in total. The zero-order chi connectivity index (χ0) is 22.6. The van der Waals surface area contributed by atoms with Crippen molar-refractivity contribution in [1.29, 1.82) is 0 Å². The molecule has 0 bridgehead atoms. The molecule has 33 heavy (non-hydrogen) atoms. The zero-order valence-electron chi connectivity index (χ0n) is 18.5. The fourth-order valence-corrected chi connectivity index (χ4v) is 4.74. The lowest BCUT2D eigenvalue weighted by atomic mass is 10.2. The van der Waals surface area contributed by atoms with Crippen LogP contribution >= 0.6 is 11.3 Å². The fourth-order valence-electron chi connectivity index (χ4n) is 4.13. The first-order chi connectivity index (χ1) is 16.1. The number of benzene rings is 1. The van der Waals surface area contributed by atoms with Gasteiger partial charge in [-0.1, -0.05) is 18.2 Å². The van der Waals surface area contributed by atoms with Gasteiger partial charge in [0.2, 0.25) is 5.91 Å². The number of rotatable bonds is 7. The van der Waals surface area contributed by atoms with Crippen molar-refractivity contribution in [3.05, 3.63) is 82.3 Å². The molecule has 0 saturated carbocycles. The van der Waals surface area contributed by atoms with Crippen LogP contribution < -0.4 is 0 Å². The molecular weight excluding hydrogens is 436 g/mol. The summed E-state index contributed by atoms with van der Waals surface area (Å²) in [7, 11) is 0. The van der Waals surface area contributed by atoms with Crippen LogP contribution in [0.3, 0.4) is 0 Å². The summed E-state index contributed by atoms with van der Waals surface area (Å²) in [4.78, 5) is 25.8. The molecule has 1 aromatic carbocycles. The number of furan rings is 1. The molecule has 1 unspecified atom stereocenters. The van der Waals surface area contributed by atoms with Gasteiger partial charge in [-0.2, -0.15) is 0 Å². The maximum Gasteiger partial charge on any atom is 0.237 e. The number of aromatic nitrogens is 2. The topological polar surface area (TPSA) is 71.7 Å². The van der Waals surface area contributed by atoms with E-state index >= 15 is 0 Å². The van der Waals surface area contributed by atoms with Crippen LogP contribution in [0.25, 0.3) is 11.0 Å². The Morgan fingerprint density at radius 2 is 2.00 bits per heavy atom. The predicted molar refractivity (Wildman–Crippen MR) is 127 cm³/mol. The third-order valence-electron chi connectivity index (χ3n) is 5.71. The third kappa shape index (κ3) is 5.47. The molecule has 1 saturated heterocycles. The minimum absolute atomic E-state index is 0.0757. The number of fused-ring (bicyclic) bond motifs is 1. The van der Waals surface area contributed by atoms with Gasteiger partial charge in [-0.15, -0.1) is 11.3 Å². The Kier molecular flexibility index (Phi) is 6.48. The van der Waals surface area contributed by atoms with E-state index in [4.69, 9.17) is 9.15 Å². The van der Waals surface area contributed by atoms with E-state index in [1.165, 1.54) is 0 Å². The summed E-state index contributed by atoms with van der Waals surface area (Å²) in [5.41, 5.74) is 2.84. The Morgan fingerprint density at radius 1 is 1.15 bits per heavy atom. The molecular formula is C25H26N4O3S. The van der Waals surface area contributed by atoms with E-state index < -0.39 is 0 Å². The number of hydrogen-bond acceptors (Lipinski definition) is 7. The lowest BCUT2D eigenvalue weighted by molar-refractivity contribution is -0.132. The van der Waals surface area contributed by atoms with E-state index in [1.54, 1.807) is 23.7 Å². The summed E-state index contributed by atoms with van der Waals surface area (Å²) in [6.07, 6.45) is 3.40. The van der Waals surface area contributed by atoms with Gasteiger partial charge >= 0.3 is 0 Å². The first kappa shape index (κ1) is 21.8. The first-order valence-corrected chi connectivity index (χ1v) is 11.9. The van der Waals surface area contributed by atoms with Gasteiger partial charge in [-0.3, -0.25) is 14.7 Å². The van der Waals surface area contributed by atoms with Gasteiger partial charge < -0.3 is 14.1 Å². The highest BCUT2D eigenvalue weighted by Crippen LogP contribution is 2.22. The van der Waals surface area contributed by atoms with E-state index in [0.717, 1.165) is 33.0 Å². The zero-order valence-corrected chi connectivity index (χ0v) is 19.3. The molecule has 1 aliphatic heterocycles. The number of ether oxygens (including phenoxy) is 1. The van der Waals surface area contributed by atoms with Gasteiger partial charge in [-0.05, 0) is 36.8 Å². The average Bonchev–Trinajstić information content (AvgIpc) is 3.38. The van der Waals surface area contributed by atoms with Crippen LogP contribution in [-0.4, -0.2) is 51.4 Å². The van der Waals surface area contributed by atoms with E-state index in [9.17, 15) is 4.79 Å². The Morgan fingerprint density at radius 3 is 2.79 bits per heavy atom. The lowest BCUT2D eigenvalue weighted by Crippen LogP contribution is -2.37. The molecule has 3 aromatic heterocycles. The molecule has 1 aliphatic rings. The average molecular weight is 463 g/mol. The second-order valence-electron chi connectivity index (χ2n) is 8.34. The molecule has 1 amide bonds. The third-order valence-corrected chi connectivity index (χ3v) is 6.53. The summed E-state index contributed by atoms with van der Waals surface area (Å²) in [5.74, 6) is 0.923. The Balaban J connectivity index is 1.33. The number of amides is 1. The van der Waals surface area contributed by atoms with E-state index in [0.29, 0.717) is 39.3 Å². The summed E-state index contributed by atoms with van der Waals surface area (Å²) >= 11 is 1.60. The molecule has 4 aromatic rings. The van der Waals surface area contributed by atoms with Crippen molar-refractivity contribution in [3.63, 3.8) is 0 Å². The van der Waals surface area contributed by atoms with Gasteiger partial charge in [0.05, 0.1) is 43.0 Å². The predicted octanol–water partition coefficient (Wildman–Crippen LogP) is 4.02. The Hall–Kier alpha value is -3.07. The minimum Gasteiger partial charge on any atom is -0.460 e. The number of nitrogens with zero attached hydrogens (tertiary/aromatic N) is 4. The maximum atomic E-state index is 13.2. The van der Waals surface area contributed by atoms with Crippen LogP contribution in [0.15, 0.2) is 64.7 Å². The molecule has 1 atom stereocenters. The molecule has 5 rings (SSSR count). The lowest BCUT2D eigenvalue weighted by Gasteiger charge is -2.24. The van der Waals surface area contributed by atoms with Crippen molar-refractivity contribution in [2.45, 2.75) is 32.7 Å². The van der Waals surface area contributed by atoms with Crippen molar-refractivity contribution in [2.75, 3.05) is 19.6 Å². The highest BCUT2D eigenvalue weighted by atomic mass is 32.1. The van der Waals surface area contributed by atoms with Crippen molar-refractivity contribution in [3.8, 4) is 0 Å². The monoisotopic (exact) mass is 462 g/mol. The van der Waals surface area contributed by atoms with Crippen LogP contribution in [0.4, 0.5) is 0 Å². The molecule has 170 valence electrons. The first-order valence-electron chi connectivity index (χ1n) is 11.0. The maximum absolute atomic E-state index is 13.2. The molecule has 0 spiro atoms. The molecule has 1 fully saturated rings. The summed E-state index contributed by atoms with van der Waals surface area (Å²) in [6, 6.07) is 13.9. The van der Waals surface area contributed by atoms with Crippen LogP contribution in [-0.2, 0) is 29.2 Å². The fraction of sp³-hybridized carbons (Fsp3) is 0.320. The number of para-hydroxylation sites is 1. The van der Waals surface area contributed by atoms with Crippen LogP contribution in [0.2, 0.25) is 0 Å². The van der Waals surface area contributed by atoms with Crippen LogP contribution in [0, 0.1) is 6.92 Å². The number of carbonyl (C=O) groups is 1. The van der Waals surface area contributed by atoms with E-state index in [1.807, 2.05) is 59.7 Å². The van der Waals surface area contributed by atoms with Gasteiger partial charge in [-0.25, -0.2) is 4.98 Å². The number of aryl methyl sites for hydroxylation is 1. The van der Waals surface area contributed by atoms with Gasteiger partial charge in [0, 0.05) is 36.2 Å². The standard InChI is InChI=1S/C25H26N4O3S/c1-18-27-21(17-33-18)11-29-14-23(31-16-19-6-8-26-9-7-19)13-28(15-25(29)30)12-22-10-20-4-2-3-5-24(20)32-22/h2-10,17,23H,11-16H2,1H3. The molecule has 4 heterocycles. The highest BCUT2D eigenvalue weighted by molar-refractivity contribution is 7.09. The largest absolute Gasteiger partial charge is 0.460 e. The minimum atomic E-state index is -0.131. The molecule has 0 aliphatic carbocycles. The number of pyridine rings is 1. The van der Waals surface area contributed by atoms with Crippen molar-refractivity contribution in [2.24, 2.45) is 0 Å². The Labute approximate surface area is 196 Å². The highest BCUT2D eigenvalue weighted by Gasteiger charge is 2.29. The normalized spacial score (nSPS) is 17.5. The molecule has 0 radical (unpaired) electrons. The smallest absolute Gasteiger partial charge is 0.237 e. The molecule has 0 N–H and O–H groups in total. The SMILES string of the molecule is Cc1nc(CN2CC(OCc3ccncc3)CN(Cc3cc4ccccc4o3)CC2=O)cs1. The molecule has 8 heteroatoms. The van der Waals surface area contributed by atoms with Crippen LogP contribution in [0.1, 0.15) is 22.0 Å². The van der Waals surface area contributed by atoms with Crippen molar-refractivity contribution < 1.29 is 13.9 Å². The van der Waals surface area contributed by atoms with Gasteiger partial charge in [0.1, 0.15) is 11.3 Å². The second kappa shape index (κ2) is 9.82. The second-order valence-corrected chi connectivity index (χ2v) is 9.40. The van der Waals surface area contributed by atoms with E-state index in [-0.39, 0.29) is 12.0 Å². The summed E-state index contributed by atoms with van der Waals surface area (Å²) in [5, 5.41) is 4.09. The Bertz CT molecular complexity index is 1190. The number of thiazole rings is 1. The summed E-state index contributed by atoms with van der Waals surface area (Å²) in [6.45, 7) is 4.99. The quantitative estimate of drug-likeness (QED) is 0.413. The van der Waals surface area contributed by atoms with Crippen molar-refractivity contribution in [1.82, 2.24) is 19.8 Å². The number of carbonyl (C=O) groups excluding carboxylic acids is 1. The number of hydrogen-bond donors (Lipinski definition) is 0. The van der Waals surface area contributed by atoms with Crippen LogP contribution in [0.5, 0.6) is 0 Å². The summed E-state index contributed by atoms with van der Waals surface area (Å²) < 4.78 is 12.3. The van der Waals surface area contributed by atoms with E-state index in [2.05, 4.69) is 14.9 Å². The van der Waals surface area contributed by atoms with Gasteiger partial charge in [0.25, 0.3) is 0 Å².